The number of hydrogen-bond acceptors (Lipinski definition) is 7. The predicted molar refractivity (Wildman–Crippen MR) is 160 cm³/mol. The summed E-state index contributed by atoms with van der Waals surface area (Å²) in [5.41, 5.74) is 0.911. The molecule has 3 aromatic heterocycles. The molecule has 0 fully saturated rings. The number of imidazole rings is 1. The Morgan fingerprint density at radius 3 is 2.60 bits per heavy atom. The predicted octanol–water partition coefficient (Wildman–Crippen LogP) is 4.20. The van der Waals surface area contributed by atoms with Gasteiger partial charge in [0.25, 0.3) is 5.56 Å². The first-order valence-electron chi connectivity index (χ1n) is 13.2. The number of aliphatic hydroxyl groups is 2. The number of hydrogen-bond donors (Lipinski definition) is 2. The molecule has 14 heteroatoms. The van der Waals surface area contributed by atoms with E-state index in [0.29, 0.717) is 33.3 Å². The van der Waals surface area contributed by atoms with E-state index in [4.69, 9.17) is 19.4 Å². The highest BCUT2D eigenvalue weighted by atomic mass is 35.5. The highest BCUT2D eigenvalue weighted by Crippen LogP contribution is 2.27. The summed E-state index contributed by atoms with van der Waals surface area (Å²) in [4.78, 5) is 22.3. The van der Waals surface area contributed by atoms with Crippen LogP contribution in [0.1, 0.15) is 53.8 Å². The van der Waals surface area contributed by atoms with Gasteiger partial charge in [0.05, 0.1) is 29.5 Å². The average Bonchev–Trinajstić information content (AvgIpc) is 3.55. The summed E-state index contributed by atoms with van der Waals surface area (Å²) in [6.45, 7) is 8.58. The van der Waals surface area contributed by atoms with Crippen molar-refractivity contribution in [2.75, 3.05) is 0 Å². The highest BCUT2D eigenvalue weighted by molar-refractivity contribution is 6.31. The summed E-state index contributed by atoms with van der Waals surface area (Å²) in [6.07, 6.45) is 7.03. The molecule has 4 aromatic rings. The van der Waals surface area contributed by atoms with Crippen LogP contribution in [0.2, 0.25) is 5.02 Å². The van der Waals surface area contributed by atoms with Crippen molar-refractivity contribution in [3.05, 3.63) is 110 Å². The molecule has 222 valence electrons. The minimum Gasteiger partial charge on any atom is -0.355 e. The SMILES string of the molecule is [B]C(O)(O)n1ncc(CC(C)c2cc(C)n(/C=C(F)/C(=N/C=C/C)c3cccc(-n4cc(C)nc4C)c3F)c(=O)c2Cl)n1. The number of aliphatic imine (C=N–C) groups is 1. The van der Waals surface area contributed by atoms with E-state index in [1.165, 1.54) is 18.5 Å². The van der Waals surface area contributed by atoms with Crippen LogP contribution >= 0.6 is 11.6 Å². The van der Waals surface area contributed by atoms with E-state index in [1.54, 1.807) is 69.7 Å². The van der Waals surface area contributed by atoms with Crippen molar-refractivity contribution in [1.29, 1.82) is 0 Å². The molecular weight excluding hydrogens is 579 g/mol. The maximum atomic E-state index is 15.9. The normalized spacial score (nSPS) is 13.7. The van der Waals surface area contributed by atoms with Gasteiger partial charge < -0.3 is 14.8 Å². The number of allylic oxidation sites excluding steroid dienone is 2. The molecule has 2 N–H and O–H groups in total. The van der Waals surface area contributed by atoms with Crippen molar-refractivity contribution in [1.82, 2.24) is 29.1 Å². The summed E-state index contributed by atoms with van der Waals surface area (Å²) in [5.74, 6) is -4.25. The third-order valence-corrected chi connectivity index (χ3v) is 6.98. The summed E-state index contributed by atoms with van der Waals surface area (Å²) < 4.78 is 34.4. The number of benzene rings is 1. The van der Waals surface area contributed by atoms with Gasteiger partial charge in [0.2, 0.25) is 5.81 Å². The second kappa shape index (κ2) is 12.6. The van der Waals surface area contributed by atoms with Gasteiger partial charge in [-0.1, -0.05) is 30.7 Å². The van der Waals surface area contributed by atoms with E-state index in [0.717, 1.165) is 10.8 Å². The molecule has 0 aliphatic rings. The first kappa shape index (κ1) is 31.7. The zero-order valence-corrected chi connectivity index (χ0v) is 24.9. The van der Waals surface area contributed by atoms with Gasteiger partial charge in [-0.05, 0) is 63.8 Å². The van der Waals surface area contributed by atoms with Gasteiger partial charge in [-0.2, -0.15) is 10.2 Å². The first-order chi connectivity index (χ1) is 20.2. The molecule has 3 heterocycles. The average molecular weight is 608 g/mol. The molecule has 0 spiro atoms. The van der Waals surface area contributed by atoms with Gasteiger partial charge >= 0.3 is 0 Å². The third-order valence-electron chi connectivity index (χ3n) is 6.60. The molecule has 0 aliphatic heterocycles. The monoisotopic (exact) mass is 607 g/mol. The minimum atomic E-state index is -2.76. The lowest BCUT2D eigenvalue weighted by molar-refractivity contribution is -0.169. The molecule has 2 radical (unpaired) electrons. The molecule has 1 aromatic carbocycles. The fourth-order valence-corrected chi connectivity index (χ4v) is 4.90. The number of aryl methyl sites for hydroxylation is 3. The van der Waals surface area contributed by atoms with Crippen molar-refractivity contribution in [3.8, 4) is 5.69 Å². The summed E-state index contributed by atoms with van der Waals surface area (Å²) in [6, 6.07) is 6.16. The Kier molecular flexibility index (Phi) is 9.28. The second-order valence-electron chi connectivity index (χ2n) is 10.0. The van der Waals surface area contributed by atoms with E-state index in [9.17, 15) is 15.0 Å². The lowest BCUT2D eigenvalue weighted by Crippen LogP contribution is -2.35. The Balaban J connectivity index is 1.73. The molecule has 0 saturated heterocycles. The number of halogens is 3. The lowest BCUT2D eigenvalue weighted by atomic mass is 9.96. The van der Waals surface area contributed by atoms with Gasteiger partial charge in [-0.15, -0.1) is 4.80 Å². The summed E-state index contributed by atoms with van der Waals surface area (Å²) >= 11 is 6.47. The van der Waals surface area contributed by atoms with Gasteiger partial charge in [-0.3, -0.25) is 14.4 Å². The van der Waals surface area contributed by atoms with E-state index < -0.39 is 23.0 Å². The molecule has 0 aliphatic carbocycles. The Labute approximate surface area is 252 Å². The van der Waals surface area contributed by atoms with Crippen molar-refractivity contribution >= 4 is 31.4 Å². The van der Waals surface area contributed by atoms with E-state index in [2.05, 4.69) is 20.2 Å². The quantitative estimate of drug-likeness (QED) is 0.167. The number of nitrogens with zero attached hydrogens (tertiary/aromatic N) is 7. The molecule has 0 amide bonds. The van der Waals surface area contributed by atoms with Crippen LogP contribution in [0.15, 0.2) is 64.5 Å². The molecule has 1 unspecified atom stereocenters. The number of aromatic nitrogens is 6. The second-order valence-corrected chi connectivity index (χ2v) is 10.4. The molecule has 4 rings (SSSR count). The van der Waals surface area contributed by atoms with Gasteiger partial charge in [0, 0.05) is 23.7 Å². The van der Waals surface area contributed by atoms with Gasteiger partial charge in [0.15, 0.2) is 19.5 Å². The van der Waals surface area contributed by atoms with E-state index >= 15 is 8.78 Å². The van der Waals surface area contributed by atoms with Crippen LogP contribution in [0.25, 0.3) is 11.9 Å². The van der Waals surface area contributed by atoms with E-state index in [1.807, 2.05) is 0 Å². The maximum absolute atomic E-state index is 15.9. The zero-order valence-electron chi connectivity index (χ0n) is 24.1. The lowest BCUT2D eigenvalue weighted by Gasteiger charge is -2.16. The summed E-state index contributed by atoms with van der Waals surface area (Å²) in [5, 5.41) is 26.4. The number of pyridine rings is 1. The fourth-order valence-electron chi connectivity index (χ4n) is 4.57. The van der Waals surface area contributed by atoms with Crippen LogP contribution in [0.3, 0.4) is 0 Å². The molecule has 10 nitrogen and oxygen atoms in total. The smallest absolute Gasteiger partial charge is 0.273 e. The van der Waals surface area contributed by atoms with Crippen LogP contribution in [0.4, 0.5) is 8.78 Å². The van der Waals surface area contributed by atoms with Crippen molar-refractivity contribution < 1.29 is 19.0 Å². The van der Waals surface area contributed by atoms with Crippen LogP contribution in [0, 0.1) is 26.6 Å². The molecule has 0 saturated carbocycles. The van der Waals surface area contributed by atoms with E-state index in [-0.39, 0.29) is 34.3 Å². The minimum absolute atomic E-state index is 0.113. The topological polar surface area (TPSA) is 123 Å². The Hall–Kier alpha value is -4.20. The molecule has 0 bridgehead atoms. The van der Waals surface area contributed by atoms with Crippen molar-refractivity contribution in [3.63, 3.8) is 0 Å². The summed E-state index contributed by atoms with van der Waals surface area (Å²) in [7, 11) is 5.18. The molecule has 1 atom stereocenters. The van der Waals surface area contributed by atoms with Crippen molar-refractivity contribution in [2.45, 2.75) is 52.8 Å². The Morgan fingerprint density at radius 2 is 2.00 bits per heavy atom. The molecule has 43 heavy (non-hydrogen) atoms. The Morgan fingerprint density at radius 1 is 1.28 bits per heavy atom. The first-order valence-corrected chi connectivity index (χ1v) is 13.6. The van der Waals surface area contributed by atoms with Crippen LogP contribution in [-0.4, -0.2) is 52.9 Å². The highest BCUT2D eigenvalue weighted by Gasteiger charge is 2.23. The zero-order chi connectivity index (χ0) is 31.6. The standard InChI is InChI=1S/C29H29BClF2N7O3/c1-6-10-34-27(21-8-7-9-24(26(21)33)39-14-17(3)36-19(39)5)23(32)15-38-18(4)12-22(25(31)28(38)41)16(2)11-20-13-35-40(37-20)29(30,42)43/h6-10,12-16,42-43H,11H2,1-5H3/b10-6+,23-15-,34-27+. The largest absolute Gasteiger partial charge is 0.355 e. The van der Waals surface area contributed by atoms with Gasteiger partial charge in [0.1, 0.15) is 16.6 Å². The van der Waals surface area contributed by atoms with Gasteiger partial charge in [-0.25, -0.2) is 13.8 Å². The fraction of sp³-hybridized carbons (Fsp3) is 0.276. The third kappa shape index (κ3) is 6.74. The Bertz CT molecular complexity index is 1820. The van der Waals surface area contributed by atoms with Crippen LogP contribution < -0.4 is 5.56 Å². The molecular formula is C29H29BClF2N7O3. The van der Waals surface area contributed by atoms with Crippen LogP contribution in [-0.2, 0) is 12.2 Å². The number of rotatable bonds is 9. The maximum Gasteiger partial charge on any atom is 0.273 e. The van der Waals surface area contributed by atoms with Crippen LogP contribution in [0.5, 0.6) is 0 Å². The van der Waals surface area contributed by atoms with Crippen molar-refractivity contribution in [2.24, 2.45) is 4.99 Å².